The Morgan fingerprint density at radius 2 is 1.88 bits per heavy atom. The Morgan fingerprint density at radius 1 is 1.15 bits per heavy atom. The highest BCUT2D eigenvalue weighted by atomic mass is 127. The third kappa shape index (κ3) is 6.12. The lowest BCUT2D eigenvalue weighted by Gasteiger charge is -2.40. The van der Waals surface area contributed by atoms with Gasteiger partial charge in [-0.3, -0.25) is 9.89 Å². The van der Waals surface area contributed by atoms with E-state index in [0.717, 1.165) is 83.9 Å². The molecule has 0 amide bonds. The van der Waals surface area contributed by atoms with Crippen LogP contribution in [0.25, 0.3) is 0 Å². The number of rotatable bonds is 5. The van der Waals surface area contributed by atoms with Crippen molar-refractivity contribution >= 4 is 41.7 Å². The molecule has 0 aromatic rings. The maximum Gasteiger partial charge on any atom is 0.193 e. The fraction of sp³-hybridized carbons (Fsp3) is 0.944. The normalized spacial score (nSPS) is 27.2. The molecule has 0 radical (unpaired) electrons. The molecular formula is C18H35IN4O2S. The monoisotopic (exact) mass is 498 g/mol. The van der Waals surface area contributed by atoms with Crippen LogP contribution in [0, 0.1) is 5.92 Å². The van der Waals surface area contributed by atoms with E-state index in [1.165, 1.54) is 13.0 Å². The van der Waals surface area contributed by atoms with Crippen LogP contribution in [-0.2, 0) is 9.47 Å². The largest absolute Gasteiger partial charge is 0.381 e. The van der Waals surface area contributed by atoms with Crippen LogP contribution in [0.5, 0.6) is 0 Å². The topological polar surface area (TPSA) is 49.3 Å². The second kappa shape index (κ2) is 11.3. The molecule has 26 heavy (non-hydrogen) atoms. The highest BCUT2D eigenvalue weighted by molar-refractivity contribution is 14.0. The predicted octanol–water partition coefficient (Wildman–Crippen LogP) is 1.75. The Hall–Kier alpha value is 0.230. The van der Waals surface area contributed by atoms with E-state index >= 15 is 0 Å². The van der Waals surface area contributed by atoms with Crippen molar-refractivity contribution in [2.75, 3.05) is 79.0 Å². The van der Waals surface area contributed by atoms with E-state index in [2.05, 4.69) is 26.4 Å². The molecule has 3 heterocycles. The number of hydrogen-bond donors (Lipinski definition) is 1. The van der Waals surface area contributed by atoms with Gasteiger partial charge >= 0.3 is 0 Å². The lowest BCUT2D eigenvalue weighted by molar-refractivity contribution is 0.0779. The molecule has 1 N–H and O–H groups in total. The predicted molar refractivity (Wildman–Crippen MR) is 120 cm³/mol. The van der Waals surface area contributed by atoms with Crippen LogP contribution in [0.1, 0.15) is 19.3 Å². The molecule has 3 fully saturated rings. The number of piperazine rings is 1. The molecule has 1 atom stereocenters. The van der Waals surface area contributed by atoms with E-state index in [1.54, 1.807) is 0 Å². The van der Waals surface area contributed by atoms with Crippen LogP contribution in [0.3, 0.4) is 0 Å². The highest BCUT2D eigenvalue weighted by Crippen LogP contribution is 2.33. The van der Waals surface area contributed by atoms with Gasteiger partial charge in [-0.15, -0.1) is 24.0 Å². The first kappa shape index (κ1) is 22.5. The molecule has 3 aliphatic rings. The Bertz CT molecular complexity index is 435. The molecular weight excluding hydrogens is 463 g/mol. The van der Waals surface area contributed by atoms with Gasteiger partial charge < -0.3 is 19.7 Å². The van der Waals surface area contributed by atoms with E-state index in [1.807, 2.05) is 18.8 Å². The summed E-state index contributed by atoms with van der Waals surface area (Å²) in [5.41, 5.74) is 0. The standard InChI is InChI=1S/C18H34N4O2S.HI/c1-19-17(20-15-18(25-2)4-11-23-12-5-18)22-8-6-21(7-9-22)13-16-3-10-24-14-16;/h16H,3-15H2,1-2H3,(H,19,20);1H. The SMILES string of the molecule is CN=C(NCC1(SC)CCOCC1)N1CCN(CC2CCOC2)CC1.I. The van der Waals surface area contributed by atoms with Crippen molar-refractivity contribution in [1.82, 2.24) is 15.1 Å². The minimum atomic E-state index is 0. The smallest absolute Gasteiger partial charge is 0.193 e. The summed E-state index contributed by atoms with van der Waals surface area (Å²) in [5, 5.41) is 3.65. The van der Waals surface area contributed by atoms with Crippen molar-refractivity contribution in [3.63, 3.8) is 0 Å². The minimum Gasteiger partial charge on any atom is -0.381 e. The van der Waals surface area contributed by atoms with Gasteiger partial charge in [0.05, 0.1) is 6.61 Å². The Kier molecular flexibility index (Phi) is 9.77. The Labute approximate surface area is 179 Å². The van der Waals surface area contributed by atoms with Gasteiger partial charge in [0, 0.05) is 70.9 Å². The lowest BCUT2D eigenvalue weighted by atomic mass is 9.99. The van der Waals surface area contributed by atoms with Crippen LogP contribution in [0.4, 0.5) is 0 Å². The van der Waals surface area contributed by atoms with Gasteiger partial charge in [-0.1, -0.05) is 0 Å². The zero-order valence-corrected chi connectivity index (χ0v) is 19.4. The molecule has 152 valence electrons. The van der Waals surface area contributed by atoms with E-state index in [0.29, 0.717) is 4.75 Å². The van der Waals surface area contributed by atoms with Crippen LogP contribution < -0.4 is 5.32 Å². The molecule has 3 rings (SSSR count). The highest BCUT2D eigenvalue weighted by Gasteiger charge is 2.32. The van der Waals surface area contributed by atoms with Crippen LogP contribution in [0.15, 0.2) is 4.99 Å². The third-order valence-electron chi connectivity index (χ3n) is 5.83. The molecule has 8 heteroatoms. The number of guanidine groups is 1. The van der Waals surface area contributed by atoms with E-state index in [-0.39, 0.29) is 24.0 Å². The summed E-state index contributed by atoms with van der Waals surface area (Å²) in [4.78, 5) is 9.54. The van der Waals surface area contributed by atoms with E-state index in [9.17, 15) is 0 Å². The molecule has 0 aromatic carbocycles. The van der Waals surface area contributed by atoms with Crippen molar-refractivity contribution in [2.45, 2.75) is 24.0 Å². The number of thioether (sulfide) groups is 1. The average Bonchev–Trinajstić information content (AvgIpc) is 3.17. The van der Waals surface area contributed by atoms with Gasteiger partial charge in [0.25, 0.3) is 0 Å². The molecule has 6 nitrogen and oxygen atoms in total. The molecule has 0 bridgehead atoms. The summed E-state index contributed by atoms with van der Waals surface area (Å²) in [6.07, 6.45) is 5.69. The summed E-state index contributed by atoms with van der Waals surface area (Å²) >= 11 is 1.97. The molecule has 3 aliphatic heterocycles. The van der Waals surface area contributed by atoms with Gasteiger partial charge in [0.15, 0.2) is 5.96 Å². The van der Waals surface area contributed by atoms with Crippen LogP contribution in [-0.4, -0.2) is 99.5 Å². The maximum atomic E-state index is 5.55. The van der Waals surface area contributed by atoms with Gasteiger partial charge in [-0.2, -0.15) is 11.8 Å². The number of nitrogens with zero attached hydrogens (tertiary/aromatic N) is 3. The number of halogens is 1. The zero-order chi connectivity index (χ0) is 17.5. The summed E-state index contributed by atoms with van der Waals surface area (Å²) < 4.78 is 11.3. The van der Waals surface area contributed by atoms with Gasteiger partial charge in [0.1, 0.15) is 0 Å². The first-order valence-corrected chi connectivity index (χ1v) is 10.9. The summed E-state index contributed by atoms with van der Waals surface area (Å²) in [5.74, 6) is 1.79. The zero-order valence-electron chi connectivity index (χ0n) is 16.2. The summed E-state index contributed by atoms with van der Waals surface area (Å²) in [6.45, 7) is 10.2. The van der Waals surface area contributed by atoms with Crippen molar-refractivity contribution in [3.8, 4) is 0 Å². The summed E-state index contributed by atoms with van der Waals surface area (Å²) in [7, 11) is 1.90. The quantitative estimate of drug-likeness (QED) is 0.354. The van der Waals surface area contributed by atoms with Crippen molar-refractivity contribution in [3.05, 3.63) is 0 Å². The van der Waals surface area contributed by atoms with Crippen molar-refractivity contribution in [1.29, 1.82) is 0 Å². The molecule has 0 saturated carbocycles. The van der Waals surface area contributed by atoms with E-state index in [4.69, 9.17) is 9.47 Å². The lowest BCUT2D eigenvalue weighted by Crippen LogP contribution is -2.55. The Morgan fingerprint density at radius 3 is 2.46 bits per heavy atom. The van der Waals surface area contributed by atoms with Gasteiger partial charge in [-0.25, -0.2) is 0 Å². The fourth-order valence-electron chi connectivity index (χ4n) is 4.00. The molecule has 0 aromatic heterocycles. The van der Waals surface area contributed by atoms with Gasteiger partial charge in [-0.05, 0) is 31.4 Å². The number of nitrogens with one attached hydrogen (secondary N) is 1. The fourth-order valence-corrected chi connectivity index (χ4v) is 4.80. The molecule has 3 saturated heterocycles. The molecule has 1 unspecified atom stereocenters. The first-order chi connectivity index (χ1) is 12.2. The minimum absolute atomic E-state index is 0. The summed E-state index contributed by atoms with van der Waals surface area (Å²) in [6, 6.07) is 0. The second-order valence-electron chi connectivity index (χ2n) is 7.42. The maximum absolute atomic E-state index is 5.55. The van der Waals surface area contributed by atoms with Crippen LogP contribution in [0.2, 0.25) is 0 Å². The molecule has 0 spiro atoms. The van der Waals surface area contributed by atoms with Crippen LogP contribution >= 0.6 is 35.7 Å². The number of hydrogen-bond acceptors (Lipinski definition) is 5. The molecule has 0 aliphatic carbocycles. The van der Waals surface area contributed by atoms with Crippen molar-refractivity contribution < 1.29 is 9.47 Å². The van der Waals surface area contributed by atoms with Gasteiger partial charge in [0.2, 0.25) is 0 Å². The first-order valence-electron chi connectivity index (χ1n) is 9.63. The van der Waals surface area contributed by atoms with E-state index < -0.39 is 0 Å². The third-order valence-corrected chi connectivity index (χ3v) is 7.25. The average molecular weight is 498 g/mol. The second-order valence-corrected chi connectivity index (χ2v) is 8.69. The number of ether oxygens (including phenoxy) is 2. The Balaban J connectivity index is 0.00000243. The number of aliphatic imine (C=N–C) groups is 1. The van der Waals surface area contributed by atoms with Crippen molar-refractivity contribution in [2.24, 2.45) is 10.9 Å².